The molecular weight excluding hydrogens is 164 g/mol. The largest absolute Gasteiger partial charge is 0.481 e. The standard InChI is InChI=1S/C10H14N2O/c1-12-4-3-8-6-11-10(13-2)5-9(8)7-12/h5-6H,3-4,7H2,1-2H3. The second-order valence-electron chi connectivity index (χ2n) is 3.48. The van der Waals surface area contributed by atoms with Gasteiger partial charge in [-0.15, -0.1) is 0 Å². The predicted octanol–water partition coefficient (Wildman–Crippen LogP) is 1.08. The monoisotopic (exact) mass is 178 g/mol. The van der Waals surface area contributed by atoms with E-state index in [1.165, 1.54) is 11.1 Å². The summed E-state index contributed by atoms with van der Waals surface area (Å²) in [5.74, 6) is 0.717. The predicted molar refractivity (Wildman–Crippen MR) is 50.8 cm³/mol. The summed E-state index contributed by atoms with van der Waals surface area (Å²) < 4.78 is 5.09. The second-order valence-corrected chi connectivity index (χ2v) is 3.48. The first-order valence-corrected chi connectivity index (χ1v) is 4.50. The molecule has 0 aliphatic carbocycles. The Morgan fingerprint density at radius 1 is 1.46 bits per heavy atom. The molecule has 1 aliphatic rings. The normalized spacial score (nSPS) is 16.8. The van der Waals surface area contributed by atoms with Crippen LogP contribution < -0.4 is 4.74 Å². The fourth-order valence-corrected chi connectivity index (χ4v) is 1.67. The van der Waals surface area contributed by atoms with Crippen molar-refractivity contribution in [3.8, 4) is 5.88 Å². The van der Waals surface area contributed by atoms with Gasteiger partial charge in [0.25, 0.3) is 0 Å². The zero-order chi connectivity index (χ0) is 9.26. The minimum absolute atomic E-state index is 0.717. The third kappa shape index (κ3) is 1.65. The summed E-state index contributed by atoms with van der Waals surface area (Å²) in [6, 6.07) is 2.03. The SMILES string of the molecule is COc1cc2c(cn1)CCN(C)C2. The number of hydrogen-bond donors (Lipinski definition) is 0. The molecule has 2 heterocycles. The topological polar surface area (TPSA) is 25.4 Å². The molecule has 70 valence electrons. The number of methoxy groups -OCH3 is 1. The van der Waals surface area contributed by atoms with Gasteiger partial charge in [0, 0.05) is 25.4 Å². The lowest BCUT2D eigenvalue weighted by molar-refractivity contribution is 0.310. The van der Waals surface area contributed by atoms with Crippen molar-refractivity contribution in [3.63, 3.8) is 0 Å². The Labute approximate surface area is 78.3 Å². The van der Waals surface area contributed by atoms with Crippen molar-refractivity contribution < 1.29 is 4.74 Å². The average Bonchev–Trinajstić information content (AvgIpc) is 2.16. The highest BCUT2D eigenvalue weighted by Gasteiger charge is 2.13. The molecule has 0 amide bonds. The molecular formula is C10H14N2O. The minimum Gasteiger partial charge on any atom is -0.481 e. The van der Waals surface area contributed by atoms with Crippen LogP contribution in [0.5, 0.6) is 5.88 Å². The highest BCUT2D eigenvalue weighted by atomic mass is 16.5. The number of likely N-dealkylation sites (N-methyl/N-ethyl adjacent to an activating group) is 1. The minimum atomic E-state index is 0.717. The molecule has 0 unspecified atom stereocenters. The molecule has 0 fully saturated rings. The van der Waals surface area contributed by atoms with Crippen LogP contribution in [0, 0.1) is 0 Å². The van der Waals surface area contributed by atoms with Crippen molar-refractivity contribution in [1.29, 1.82) is 0 Å². The van der Waals surface area contributed by atoms with Crippen LogP contribution in [0.3, 0.4) is 0 Å². The van der Waals surface area contributed by atoms with Crippen molar-refractivity contribution in [2.45, 2.75) is 13.0 Å². The molecule has 13 heavy (non-hydrogen) atoms. The molecule has 3 heteroatoms. The van der Waals surface area contributed by atoms with E-state index in [-0.39, 0.29) is 0 Å². The first kappa shape index (κ1) is 8.51. The molecule has 0 radical (unpaired) electrons. The maximum absolute atomic E-state index is 5.09. The van der Waals surface area contributed by atoms with E-state index in [4.69, 9.17) is 4.74 Å². The van der Waals surface area contributed by atoms with Crippen LogP contribution in [0.2, 0.25) is 0 Å². The molecule has 3 nitrogen and oxygen atoms in total. The zero-order valence-electron chi connectivity index (χ0n) is 8.08. The second kappa shape index (κ2) is 3.34. The van der Waals surface area contributed by atoms with Crippen LogP contribution in [0.25, 0.3) is 0 Å². The van der Waals surface area contributed by atoms with Crippen LogP contribution in [0.4, 0.5) is 0 Å². The molecule has 1 aromatic heterocycles. The van der Waals surface area contributed by atoms with E-state index in [0.29, 0.717) is 5.88 Å². The van der Waals surface area contributed by atoms with Gasteiger partial charge in [-0.2, -0.15) is 0 Å². The summed E-state index contributed by atoms with van der Waals surface area (Å²) in [7, 11) is 3.79. The number of rotatable bonds is 1. The summed E-state index contributed by atoms with van der Waals surface area (Å²) in [5.41, 5.74) is 2.71. The van der Waals surface area contributed by atoms with Gasteiger partial charge in [0.1, 0.15) is 0 Å². The van der Waals surface area contributed by atoms with Crippen molar-refractivity contribution in [2.24, 2.45) is 0 Å². The molecule has 0 aromatic carbocycles. The third-order valence-electron chi connectivity index (χ3n) is 2.47. The van der Waals surface area contributed by atoms with E-state index < -0.39 is 0 Å². The summed E-state index contributed by atoms with van der Waals surface area (Å²) in [4.78, 5) is 6.50. The van der Waals surface area contributed by atoms with Gasteiger partial charge in [0.15, 0.2) is 0 Å². The summed E-state index contributed by atoms with van der Waals surface area (Å²) in [5, 5.41) is 0. The number of aromatic nitrogens is 1. The summed E-state index contributed by atoms with van der Waals surface area (Å²) in [6.45, 7) is 2.13. The Bertz CT molecular complexity index is 312. The average molecular weight is 178 g/mol. The van der Waals surface area contributed by atoms with E-state index >= 15 is 0 Å². The van der Waals surface area contributed by atoms with Gasteiger partial charge in [-0.3, -0.25) is 0 Å². The van der Waals surface area contributed by atoms with Gasteiger partial charge in [0.2, 0.25) is 5.88 Å². The molecule has 0 atom stereocenters. The zero-order valence-corrected chi connectivity index (χ0v) is 8.08. The van der Waals surface area contributed by atoms with Crippen molar-refractivity contribution in [3.05, 3.63) is 23.4 Å². The van der Waals surface area contributed by atoms with Crippen LogP contribution in [0.15, 0.2) is 12.3 Å². The van der Waals surface area contributed by atoms with Crippen LogP contribution >= 0.6 is 0 Å². The van der Waals surface area contributed by atoms with Crippen molar-refractivity contribution >= 4 is 0 Å². The number of ether oxygens (including phenoxy) is 1. The van der Waals surface area contributed by atoms with E-state index in [0.717, 1.165) is 19.5 Å². The third-order valence-corrected chi connectivity index (χ3v) is 2.47. The molecule has 1 aliphatic heterocycles. The highest BCUT2D eigenvalue weighted by Crippen LogP contribution is 2.20. The van der Waals surface area contributed by atoms with Crippen molar-refractivity contribution in [2.75, 3.05) is 20.7 Å². The van der Waals surface area contributed by atoms with Gasteiger partial charge >= 0.3 is 0 Å². The fourth-order valence-electron chi connectivity index (χ4n) is 1.67. The Kier molecular flexibility index (Phi) is 2.19. The van der Waals surface area contributed by atoms with Crippen LogP contribution in [-0.4, -0.2) is 30.6 Å². The molecule has 0 bridgehead atoms. The molecule has 0 saturated carbocycles. The van der Waals surface area contributed by atoms with E-state index in [9.17, 15) is 0 Å². The number of pyridine rings is 1. The van der Waals surface area contributed by atoms with Gasteiger partial charge in [-0.1, -0.05) is 0 Å². The van der Waals surface area contributed by atoms with Crippen LogP contribution in [0.1, 0.15) is 11.1 Å². The van der Waals surface area contributed by atoms with Gasteiger partial charge in [0.05, 0.1) is 7.11 Å². The van der Waals surface area contributed by atoms with Gasteiger partial charge in [-0.05, 0) is 24.6 Å². The van der Waals surface area contributed by atoms with Crippen LogP contribution in [-0.2, 0) is 13.0 Å². The number of hydrogen-bond acceptors (Lipinski definition) is 3. The van der Waals surface area contributed by atoms with E-state index in [2.05, 4.69) is 16.9 Å². The highest BCUT2D eigenvalue weighted by molar-refractivity contribution is 5.31. The Balaban J connectivity index is 2.32. The maximum atomic E-state index is 5.09. The lowest BCUT2D eigenvalue weighted by Gasteiger charge is -2.24. The lowest BCUT2D eigenvalue weighted by atomic mass is 10.0. The maximum Gasteiger partial charge on any atom is 0.213 e. The van der Waals surface area contributed by atoms with E-state index in [1.807, 2.05) is 12.3 Å². The molecule has 0 N–H and O–H groups in total. The Hall–Kier alpha value is -1.09. The number of fused-ring (bicyclic) bond motifs is 1. The van der Waals surface area contributed by atoms with E-state index in [1.54, 1.807) is 7.11 Å². The summed E-state index contributed by atoms with van der Waals surface area (Å²) in [6.07, 6.45) is 3.03. The Morgan fingerprint density at radius 2 is 2.31 bits per heavy atom. The summed E-state index contributed by atoms with van der Waals surface area (Å²) >= 11 is 0. The number of nitrogens with zero attached hydrogens (tertiary/aromatic N) is 2. The lowest BCUT2D eigenvalue weighted by Crippen LogP contribution is -2.26. The smallest absolute Gasteiger partial charge is 0.213 e. The molecule has 1 aromatic rings. The van der Waals surface area contributed by atoms with Gasteiger partial charge in [-0.25, -0.2) is 4.98 Å². The molecule has 2 rings (SSSR count). The first-order chi connectivity index (χ1) is 6.29. The molecule has 0 saturated heterocycles. The quantitative estimate of drug-likeness (QED) is 0.643. The van der Waals surface area contributed by atoms with Gasteiger partial charge < -0.3 is 9.64 Å². The first-order valence-electron chi connectivity index (χ1n) is 4.50. The van der Waals surface area contributed by atoms with Crippen molar-refractivity contribution in [1.82, 2.24) is 9.88 Å². The fraction of sp³-hybridized carbons (Fsp3) is 0.500. The Morgan fingerprint density at radius 3 is 3.08 bits per heavy atom. The molecule has 0 spiro atoms.